The van der Waals surface area contributed by atoms with Crippen LogP contribution in [0.4, 0.5) is 8.78 Å². The van der Waals surface area contributed by atoms with Gasteiger partial charge in [-0.15, -0.1) is 0 Å². The van der Waals surface area contributed by atoms with Crippen molar-refractivity contribution in [3.05, 3.63) is 58.1 Å². The van der Waals surface area contributed by atoms with Gasteiger partial charge in [-0.1, -0.05) is 22.0 Å². The fourth-order valence-electron chi connectivity index (χ4n) is 1.40. The van der Waals surface area contributed by atoms with E-state index in [4.69, 9.17) is 9.84 Å². The first-order valence-corrected chi connectivity index (χ1v) is 5.91. The maximum atomic E-state index is 13.6. The Morgan fingerprint density at radius 3 is 2.17 bits per heavy atom. The fourth-order valence-corrected chi connectivity index (χ4v) is 1.74. The molecule has 94 valence electrons. The van der Waals surface area contributed by atoms with Crippen LogP contribution in [0.5, 0.6) is 11.5 Å². The molecular weight excluding hydrogens is 306 g/mol. The predicted molar refractivity (Wildman–Crippen MR) is 66.5 cm³/mol. The molecule has 0 atom stereocenters. The van der Waals surface area contributed by atoms with Crippen molar-refractivity contribution in [3.8, 4) is 11.5 Å². The zero-order valence-corrected chi connectivity index (χ0v) is 10.7. The summed E-state index contributed by atoms with van der Waals surface area (Å²) in [5.74, 6) is -1.39. The summed E-state index contributed by atoms with van der Waals surface area (Å²) in [6, 6.07) is 8.23. The highest BCUT2D eigenvalue weighted by Crippen LogP contribution is 2.28. The van der Waals surface area contributed by atoms with Crippen molar-refractivity contribution in [1.29, 1.82) is 0 Å². The Bertz CT molecular complexity index is 573. The lowest BCUT2D eigenvalue weighted by Gasteiger charge is -2.08. The van der Waals surface area contributed by atoms with Gasteiger partial charge in [0.1, 0.15) is 0 Å². The van der Waals surface area contributed by atoms with E-state index < -0.39 is 11.6 Å². The lowest BCUT2D eigenvalue weighted by Crippen LogP contribution is -1.93. The van der Waals surface area contributed by atoms with E-state index in [9.17, 15) is 8.78 Å². The van der Waals surface area contributed by atoms with Crippen molar-refractivity contribution >= 4 is 15.9 Å². The summed E-state index contributed by atoms with van der Waals surface area (Å²) in [4.78, 5) is 0. The van der Waals surface area contributed by atoms with E-state index in [0.717, 1.165) is 6.07 Å². The van der Waals surface area contributed by atoms with Gasteiger partial charge in [0.15, 0.2) is 23.1 Å². The van der Waals surface area contributed by atoms with Crippen LogP contribution in [0.1, 0.15) is 5.56 Å². The van der Waals surface area contributed by atoms with Gasteiger partial charge >= 0.3 is 0 Å². The van der Waals surface area contributed by atoms with Crippen LogP contribution < -0.4 is 4.74 Å². The van der Waals surface area contributed by atoms with E-state index in [1.165, 1.54) is 24.3 Å². The van der Waals surface area contributed by atoms with Gasteiger partial charge in [-0.2, -0.15) is 0 Å². The molecular formula is C13H9BrF2O2. The summed E-state index contributed by atoms with van der Waals surface area (Å²) in [7, 11) is 0. The lowest BCUT2D eigenvalue weighted by molar-refractivity contribution is 0.281. The Kier molecular flexibility index (Phi) is 3.93. The number of hydrogen-bond acceptors (Lipinski definition) is 2. The maximum absolute atomic E-state index is 13.6. The highest BCUT2D eigenvalue weighted by atomic mass is 79.9. The van der Waals surface area contributed by atoms with Crippen molar-refractivity contribution in [3.63, 3.8) is 0 Å². The van der Waals surface area contributed by atoms with Crippen molar-refractivity contribution in [2.24, 2.45) is 0 Å². The number of hydrogen-bond donors (Lipinski definition) is 1. The third kappa shape index (κ3) is 2.86. The first-order chi connectivity index (χ1) is 8.60. The zero-order chi connectivity index (χ0) is 13.1. The average molecular weight is 315 g/mol. The summed E-state index contributed by atoms with van der Waals surface area (Å²) >= 11 is 3.12. The van der Waals surface area contributed by atoms with Gasteiger partial charge in [0, 0.05) is 4.47 Å². The number of aliphatic hydroxyl groups is 1. The molecule has 0 saturated heterocycles. The van der Waals surface area contributed by atoms with Gasteiger partial charge < -0.3 is 9.84 Å². The Labute approximate surface area is 111 Å². The van der Waals surface area contributed by atoms with Gasteiger partial charge in [-0.05, 0) is 35.9 Å². The molecule has 0 radical (unpaired) electrons. The molecule has 0 spiro atoms. The molecule has 2 nitrogen and oxygen atoms in total. The van der Waals surface area contributed by atoms with Gasteiger partial charge in [-0.3, -0.25) is 0 Å². The van der Waals surface area contributed by atoms with E-state index in [2.05, 4.69) is 15.9 Å². The summed E-state index contributed by atoms with van der Waals surface area (Å²) in [6.07, 6.45) is 0. The van der Waals surface area contributed by atoms with Crippen molar-refractivity contribution in [2.45, 2.75) is 6.61 Å². The molecule has 18 heavy (non-hydrogen) atoms. The molecule has 2 rings (SSSR count). The largest absolute Gasteiger partial charge is 0.451 e. The number of ether oxygens (including phenoxy) is 1. The minimum atomic E-state index is -0.649. The summed E-state index contributed by atoms with van der Waals surface area (Å²) in [5.41, 5.74) is 0.427. The quantitative estimate of drug-likeness (QED) is 0.927. The topological polar surface area (TPSA) is 29.5 Å². The molecule has 2 aromatic rings. The van der Waals surface area contributed by atoms with Crippen molar-refractivity contribution < 1.29 is 18.6 Å². The number of halogens is 3. The van der Waals surface area contributed by atoms with E-state index in [1.54, 1.807) is 6.07 Å². The Morgan fingerprint density at radius 2 is 1.61 bits per heavy atom. The second kappa shape index (κ2) is 5.46. The fraction of sp³-hybridized carbons (Fsp3) is 0.0769. The molecule has 0 fully saturated rings. The first-order valence-electron chi connectivity index (χ1n) is 5.12. The summed E-state index contributed by atoms with van der Waals surface area (Å²) < 4.78 is 32.8. The SMILES string of the molecule is OCc1ccc(Oc2ccc(Br)cc2F)c(F)c1. The van der Waals surface area contributed by atoms with Gasteiger partial charge in [0.2, 0.25) is 0 Å². The molecule has 5 heteroatoms. The van der Waals surface area contributed by atoms with Crippen LogP contribution in [-0.4, -0.2) is 5.11 Å². The molecule has 0 unspecified atom stereocenters. The Morgan fingerprint density at radius 1 is 1.00 bits per heavy atom. The van der Waals surface area contributed by atoms with Crippen molar-refractivity contribution in [1.82, 2.24) is 0 Å². The minimum Gasteiger partial charge on any atom is -0.451 e. The van der Waals surface area contributed by atoms with E-state index >= 15 is 0 Å². The summed E-state index contributed by atoms with van der Waals surface area (Å²) in [6.45, 7) is -0.260. The molecule has 0 aliphatic carbocycles. The second-order valence-electron chi connectivity index (χ2n) is 3.60. The molecule has 2 aromatic carbocycles. The molecule has 0 amide bonds. The van der Waals surface area contributed by atoms with Crippen LogP contribution in [0.2, 0.25) is 0 Å². The first kappa shape index (κ1) is 13.0. The zero-order valence-electron chi connectivity index (χ0n) is 9.16. The molecule has 0 bridgehead atoms. The summed E-state index contributed by atoms with van der Waals surface area (Å²) in [5, 5.41) is 8.84. The van der Waals surface area contributed by atoms with Crippen LogP contribution in [0.15, 0.2) is 40.9 Å². The lowest BCUT2D eigenvalue weighted by atomic mass is 10.2. The van der Waals surface area contributed by atoms with Gasteiger partial charge in [0.25, 0.3) is 0 Å². The van der Waals surface area contributed by atoms with Crippen LogP contribution in [0.25, 0.3) is 0 Å². The van der Waals surface area contributed by atoms with Gasteiger partial charge in [0.05, 0.1) is 6.61 Å². The van der Waals surface area contributed by atoms with Crippen LogP contribution in [0.3, 0.4) is 0 Å². The smallest absolute Gasteiger partial charge is 0.166 e. The van der Waals surface area contributed by atoms with Gasteiger partial charge in [-0.25, -0.2) is 8.78 Å². The number of rotatable bonds is 3. The minimum absolute atomic E-state index is 0.0613. The van der Waals surface area contributed by atoms with E-state index in [1.807, 2.05) is 0 Å². The average Bonchev–Trinajstić information content (AvgIpc) is 2.34. The normalized spacial score (nSPS) is 10.4. The Balaban J connectivity index is 2.28. The third-order valence-corrected chi connectivity index (χ3v) is 2.79. The highest BCUT2D eigenvalue weighted by Gasteiger charge is 2.09. The standard InChI is InChI=1S/C13H9BrF2O2/c14-9-2-4-13(11(16)6-9)18-12-3-1-8(7-17)5-10(12)15/h1-6,17H,7H2. The molecule has 0 saturated carbocycles. The van der Waals surface area contributed by atoms with E-state index in [0.29, 0.717) is 10.0 Å². The monoisotopic (exact) mass is 314 g/mol. The third-order valence-electron chi connectivity index (χ3n) is 2.29. The van der Waals surface area contributed by atoms with Crippen LogP contribution in [-0.2, 0) is 6.61 Å². The van der Waals surface area contributed by atoms with E-state index in [-0.39, 0.29) is 18.1 Å². The molecule has 0 aromatic heterocycles. The molecule has 0 aliphatic heterocycles. The number of benzene rings is 2. The molecule has 1 N–H and O–H groups in total. The highest BCUT2D eigenvalue weighted by molar-refractivity contribution is 9.10. The van der Waals surface area contributed by atoms with Crippen LogP contribution in [0, 0.1) is 11.6 Å². The Hall–Kier alpha value is -1.46. The second-order valence-corrected chi connectivity index (χ2v) is 4.52. The predicted octanol–water partition coefficient (Wildman–Crippen LogP) is 4.01. The number of aliphatic hydroxyl groups excluding tert-OH is 1. The molecule has 0 heterocycles. The maximum Gasteiger partial charge on any atom is 0.166 e. The van der Waals surface area contributed by atoms with Crippen LogP contribution >= 0.6 is 15.9 Å². The molecule has 0 aliphatic rings. The van der Waals surface area contributed by atoms with Crippen molar-refractivity contribution in [2.75, 3.05) is 0 Å².